The molecule has 0 aliphatic heterocycles. The molecule has 5 nitrogen and oxygen atoms in total. The minimum absolute atomic E-state index is 0.257. The zero-order chi connectivity index (χ0) is 16.4. The van der Waals surface area contributed by atoms with Crippen LogP contribution in [0.1, 0.15) is 5.56 Å². The van der Waals surface area contributed by atoms with E-state index in [1.807, 2.05) is 0 Å². The van der Waals surface area contributed by atoms with Crippen molar-refractivity contribution in [1.29, 1.82) is 0 Å². The number of aromatic amines is 2. The van der Waals surface area contributed by atoms with Crippen LogP contribution >= 0.6 is 0 Å². The van der Waals surface area contributed by atoms with Crippen molar-refractivity contribution in [2.24, 2.45) is 0 Å². The first-order valence-electron chi connectivity index (χ1n) is 6.70. The van der Waals surface area contributed by atoms with E-state index in [1.165, 1.54) is 12.1 Å². The Morgan fingerprint density at radius 2 is 1.70 bits per heavy atom. The topological polar surface area (TPSA) is 69.9 Å². The fourth-order valence-corrected chi connectivity index (χ4v) is 2.16. The molecule has 0 unspecified atom stereocenters. The predicted octanol–water partition coefficient (Wildman–Crippen LogP) is 3.37. The molecule has 3 N–H and O–H groups in total. The lowest BCUT2D eigenvalue weighted by Crippen LogP contribution is -2.17. The molecule has 0 radical (unpaired) electrons. The van der Waals surface area contributed by atoms with Crippen molar-refractivity contribution in [2.75, 3.05) is 5.32 Å². The number of benzene rings is 2. The SMILES string of the molecule is O=c1[nH]c2ccc(NCc3ccc(OC(F)(F)F)cc3)cc2[nH]1. The van der Waals surface area contributed by atoms with Gasteiger partial charge in [-0.2, -0.15) is 0 Å². The molecule has 1 aromatic heterocycles. The van der Waals surface area contributed by atoms with Gasteiger partial charge in [-0.25, -0.2) is 4.79 Å². The highest BCUT2D eigenvalue weighted by molar-refractivity contribution is 5.78. The number of anilines is 1. The third kappa shape index (κ3) is 3.85. The Balaban J connectivity index is 1.66. The third-order valence-electron chi connectivity index (χ3n) is 3.17. The van der Waals surface area contributed by atoms with Gasteiger partial charge in [0.1, 0.15) is 5.75 Å². The van der Waals surface area contributed by atoms with Crippen molar-refractivity contribution in [3.8, 4) is 5.75 Å². The van der Waals surface area contributed by atoms with Crippen LogP contribution in [0.15, 0.2) is 47.3 Å². The standard InChI is InChI=1S/C15H12F3N3O2/c16-15(17,18)23-11-4-1-9(2-5-11)8-19-10-3-6-12-13(7-10)21-14(22)20-12/h1-7,19H,8H2,(H2,20,21,22). The van der Waals surface area contributed by atoms with E-state index in [0.717, 1.165) is 11.3 Å². The number of imidazole rings is 1. The summed E-state index contributed by atoms with van der Waals surface area (Å²) >= 11 is 0. The summed E-state index contributed by atoms with van der Waals surface area (Å²) < 4.78 is 40.0. The quantitative estimate of drug-likeness (QED) is 0.689. The number of rotatable bonds is 4. The molecule has 0 amide bonds. The van der Waals surface area contributed by atoms with Crippen LogP contribution in [-0.4, -0.2) is 16.3 Å². The average molecular weight is 323 g/mol. The predicted molar refractivity (Wildman–Crippen MR) is 79.4 cm³/mol. The Bertz CT molecular complexity index is 866. The monoisotopic (exact) mass is 323 g/mol. The summed E-state index contributed by atoms with van der Waals surface area (Å²) in [6, 6.07) is 10.9. The number of halogens is 3. The second-order valence-corrected chi connectivity index (χ2v) is 4.88. The number of alkyl halides is 3. The van der Waals surface area contributed by atoms with Gasteiger partial charge >= 0.3 is 12.1 Å². The van der Waals surface area contributed by atoms with Gasteiger partial charge < -0.3 is 20.0 Å². The highest BCUT2D eigenvalue weighted by Crippen LogP contribution is 2.23. The molecule has 0 saturated heterocycles. The van der Waals surface area contributed by atoms with E-state index in [9.17, 15) is 18.0 Å². The average Bonchev–Trinajstić information content (AvgIpc) is 2.84. The molecule has 2 aromatic carbocycles. The Morgan fingerprint density at radius 1 is 1.00 bits per heavy atom. The summed E-state index contributed by atoms with van der Waals surface area (Å²) in [6.45, 7) is 0.423. The minimum Gasteiger partial charge on any atom is -0.406 e. The van der Waals surface area contributed by atoms with Gasteiger partial charge in [0.05, 0.1) is 11.0 Å². The normalized spacial score (nSPS) is 11.6. The van der Waals surface area contributed by atoms with Gasteiger partial charge in [-0.3, -0.25) is 0 Å². The number of hydrogen-bond donors (Lipinski definition) is 3. The summed E-state index contributed by atoms with van der Waals surface area (Å²) in [5, 5.41) is 3.13. The maximum Gasteiger partial charge on any atom is 0.573 e. The van der Waals surface area contributed by atoms with Gasteiger partial charge in [0, 0.05) is 12.2 Å². The van der Waals surface area contributed by atoms with Crippen LogP contribution in [-0.2, 0) is 6.54 Å². The maximum atomic E-state index is 12.1. The zero-order valence-corrected chi connectivity index (χ0v) is 11.7. The smallest absolute Gasteiger partial charge is 0.406 e. The van der Waals surface area contributed by atoms with Gasteiger partial charge in [-0.15, -0.1) is 13.2 Å². The number of hydrogen-bond acceptors (Lipinski definition) is 3. The number of aromatic nitrogens is 2. The molecule has 0 spiro atoms. The lowest BCUT2D eigenvalue weighted by Gasteiger charge is -2.10. The molecule has 0 aliphatic rings. The molecule has 0 aliphatic carbocycles. The minimum atomic E-state index is -4.69. The summed E-state index contributed by atoms with van der Waals surface area (Å²) in [4.78, 5) is 16.5. The summed E-state index contributed by atoms with van der Waals surface area (Å²) in [5.74, 6) is -0.257. The summed E-state index contributed by atoms with van der Waals surface area (Å²) in [7, 11) is 0. The van der Waals surface area contributed by atoms with E-state index in [2.05, 4.69) is 20.0 Å². The van der Waals surface area contributed by atoms with Crippen LogP contribution in [0.5, 0.6) is 5.75 Å². The third-order valence-corrected chi connectivity index (χ3v) is 3.17. The first-order chi connectivity index (χ1) is 10.9. The van der Waals surface area contributed by atoms with E-state index >= 15 is 0 Å². The Hall–Kier alpha value is -2.90. The fraction of sp³-hybridized carbons (Fsp3) is 0.133. The van der Waals surface area contributed by atoms with Crippen molar-refractivity contribution in [1.82, 2.24) is 9.97 Å². The zero-order valence-electron chi connectivity index (χ0n) is 11.7. The Morgan fingerprint density at radius 3 is 2.39 bits per heavy atom. The molecule has 0 fully saturated rings. The molecule has 3 aromatic rings. The van der Waals surface area contributed by atoms with Crippen molar-refractivity contribution >= 4 is 16.7 Å². The number of nitrogens with one attached hydrogen (secondary N) is 3. The van der Waals surface area contributed by atoms with Crippen LogP contribution < -0.4 is 15.7 Å². The maximum absolute atomic E-state index is 12.1. The second-order valence-electron chi connectivity index (χ2n) is 4.88. The van der Waals surface area contributed by atoms with Gasteiger partial charge in [0.15, 0.2) is 0 Å². The molecular formula is C15H12F3N3O2. The van der Waals surface area contributed by atoms with E-state index in [4.69, 9.17) is 0 Å². The summed E-state index contributed by atoms with van der Waals surface area (Å²) in [6.07, 6.45) is -4.69. The van der Waals surface area contributed by atoms with Crippen LogP contribution in [0.25, 0.3) is 11.0 Å². The fourth-order valence-electron chi connectivity index (χ4n) is 2.16. The first kappa shape index (κ1) is 15.0. The highest BCUT2D eigenvalue weighted by Gasteiger charge is 2.30. The molecule has 0 atom stereocenters. The number of ether oxygens (including phenoxy) is 1. The van der Waals surface area contributed by atoms with Gasteiger partial charge in [0.2, 0.25) is 0 Å². The Labute approximate surface area is 128 Å². The Kier molecular flexibility index (Phi) is 3.73. The second kappa shape index (κ2) is 5.71. The lowest BCUT2D eigenvalue weighted by atomic mass is 10.2. The number of fused-ring (bicyclic) bond motifs is 1. The van der Waals surface area contributed by atoms with Crippen LogP contribution in [0.2, 0.25) is 0 Å². The lowest BCUT2D eigenvalue weighted by molar-refractivity contribution is -0.274. The van der Waals surface area contributed by atoms with Gasteiger partial charge in [0.25, 0.3) is 0 Å². The molecule has 120 valence electrons. The molecule has 1 heterocycles. The van der Waals surface area contributed by atoms with Crippen molar-refractivity contribution < 1.29 is 17.9 Å². The largest absolute Gasteiger partial charge is 0.573 e. The van der Waals surface area contributed by atoms with Crippen molar-refractivity contribution in [3.05, 3.63) is 58.5 Å². The molecule has 0 saturated carbocycles. The molecule has 23 heavy (non-hydrogen) atoms. The van der Waals surface area contributed by atoms with E-state index in [0.29, 0.717) is 17.6 Å². The van der Waals surface area contributed by atoms with Crippen molar-refractivity contribution in [3.63, 3.8) is 0 Å². The first-order valence-corrected chi connectivity index (χ1v) is 6.70. The van der Waals surface area contributed by atoms with E-state index in [1.54, 1.807) is 30.3 Å². The van der Waals surface area contributed by atoms with Crippen LogP contribution in [0.4, 0.5) is 18.9 Å². The van der Waals surface area contributed by atoms with Crippen LogP contribution in [0.3, 0.4) is 0 Å². The molecular weight excluding hydrogens is 311 g/mol. The van der Waals surface area contributed by atoms with Crippen LogP contribution in [0, 0.1) is 0 Å². The molecule has 0 bridgehead atoms. The number of H-pyrrole nitrogens is 2. The molecule has 8 heteroatoms. The summed E-state index contributed by atoms with van der Waals surface area (Å²) in [5.41, 5.74) is 2.67. The van der Waals surface area contributed by atoms with Gasteiger partial charge in [-0.1, -0.05) is 12.1 Å². The highest BCUT2D eigenvalue weighted by atomic mass is 19.4. The van der Waals surface area contributed by atoms with Gasteiger partial charge in [-0.05, 0) is 35.9 Å². The van der Waals surface area contributed by atoms with E-state index < -0.39 is 6.36 Å². The van der Waals surface area contributed by atoms with E-state index in [-0.39, 0.29) is 11.4 Å². The van der Waals surface area contributed by atoms with Crippen molar-refractivity contribution in [2.45, 2.75) is 12.9 Å². The molecule has 3 rings (SSSR count).